The van der Waals surface area contributed by atoms with Crippen LogP contribution in [-0.4, -0.2) is 32.3 Å². The zero-order valence-electron chi connectivity index (χ0n) is 13.7. The fraction of sp³-hybridized carbons (Fsp3) is 0.235. The van der Waals surface area contributed by atoms with Crippen molar-refractivity contribution >= 4 is 43.5 Å². The molecule has 0 radical (unpaired) electrons. The number of rotatable bonds is 6. The van der Waals surface area contributed by atoms with E-state index in [0.29, 0.717) is 11.6 Å². The third-order valence-corrected chi connectivity index (χ3v) is 5.87. The number of sulfonamides is 1. The maximum atomic E-state index is 12.4. The lowest BCUT2D eigenvalue weighted by atomic mass is 10.2. The molecule has 2 rings (SSSR count). The molecular weight excluding hydrogens is 428 g/mol. The third-order valence-electron chi connectivity index (χ3n) is 3.54. The number of hydrogen-bond donors (Lipinski definition) is 1. The van der Waals surface area contributed by atoms with Crippen LogP contribution in [0.25, 0.3) is 0 Å². The molecule has 5 nitrogen and oxygen atoms in total. The molecule has 0 heterocycles. The number of amides is 1. The summed E-state index contributed by atoms with van der Waals surface area (Å²) in [7, 11) is -2.16. The van der Waals surface area contributed by atoms with Crippen LogP contribution in [0.2, 0.25) is 5.02 Å². The number of carbonyl (C=O) groups is 1. The normalized spacial score (nSPS) is 12.6. The van der Waals surface area contributed by atoms with Crippen LogP contribution in [0.3, 0.4) is 0 Å². The van der Waals surface area contributed by atoms with Gasteiger partial charge in [0, 0.05) is 23.1 Å². The summed E-state index contributed by atoms with van der Waals surface area (Å²) in [6, 6.07) is 12.5. The van der Waals surface area contributed by atoms with Crippen LogP contribution < -0.4 is 4.72 Å². The fourth-order valence-corrected chi connectivity index (χ4v) is 3.82. The Labute approximate surface area is 161 Å². The predicted octanol–water partition coefficient (Wildman–Crippen LogP) is 3.43. The van der Waals surface area contributed by atoms with Crippen molar-refractivity contribution in [2.45, 2.75) is 24.4 Å². The summed E-state index contributed by atoms with van der Waals surface area (Å²) in [5, 5.41) is 0.442. The minimum atomic E-state index is -3.80. The maximum Gasteiger partial charge on any atom is 0.241 e. The van der Waals surface area contributed by atoms with Gasteiger partial charge in [-0.25, -0.2) is 8.42 Å². The van der Waals surface area contributed by atoms with Crippen LogP contribution in [0.1, 0.15) is 12.5 Å². The molecule has 1 amide bonds. The molecule has 8 heteroatoms. The quantitative estimate of drug-likeness (QED) is 0.741. The van der Waals surface area contributed by atoms with Crippen LogP contribution in [0, 0.1) is 0 Å². The van der Waals surface area contributed by atoms with Crippen LogP contribution in [-0.2, 0) is 21.4 Å². The SMILES string of the molecule is C[C@H](NS(=O)(=O)c1ccc(Cl)cc1)C(=O)N(C)Cc1ccc(Br)cc1. The molecule has 0 aliphatic heterocycles. The largest absolute Gasteiger partial charge is 0.340 e. The Morgan fingerprint density at radius 1 is 1.16 bits per heavy atom. The molecule has 0 saturated heterocycles. The Morgan fingerprint density at radius 2 is 1.72 bits per heavy atom. The molecule has 0 aliphatic rings. The van der Waals surface area contributed by atoms with E-state index in [1.165, 1.54) is 36.1 Å². The summed E-state index contributed by atoms with van der Waals surface area (Å²) in [5.41, 5.74) is 0.951. The lowest BCUT2D eigenvalue weighted by Crippen LogP contribution is -2.45. The minimum absolute atomic E-state index is 0.0621. The van der Waals surface area contributed by atoms with Crippen molar-refractivity contribution in [3.63, 3.8) is 0 Å². The molecular formula is C17H18BrClN2O3S. The fourth-order valence-electron chi connectivity index (χ4n) is 2.24. The zero-order chi connectivity index (χ0) is 18.6. The lowest BCUT2D eigenvalue weighted by Gasteiger charge is -2.22. The first-order chi connectivity index (χ1) is 11.7. The van der Waals surface area contributed by atoms with Gasteiger partial charge in [-0.15, -0.1) is 0 Å². The Bertz CT molecular complexity index is 839. The molecule has 1 atom stereocenters. The number of hydrogen-bond acceptors (Lipinski definition) is 3. The highest BCUT2D eigenvalue weighted by Gasteiger charge is 2.24. The van der Waals surface area contributed by atoms with E-state index in [-0.39, 0.29) is 10.8 Å². The molecule has 0 aromatic heterocycles. The average Bonchev–Trinajstić information content (AvgIpc) is 2.56. The van der Waals surface area contributed by atoms with Gasteiger partial charge in [-0.1, -0.05) is 39.7 Å². The van der Waals surface area contributed by atoms with E-state index < -0.39 is 16.1 Å². The highest BCUT2D eigenvalue weighted by molar-refractivity contribution is 9.10. The molecule has 2 aromatic carbocycles. The summed E-state index contributed by atoms with van der Waals surface area (Å²) in [5.74, 6) is -0.319. The molecule has 1 N–H and O–H groups in total. The second kappa shape index (κ2) is 8.31. The van der Waals surface area contributed by atoms with E-state index in [9.17, 15) is 13.2 Å². The van der Waals surface area contributed by atoms with Crippen molar-refractivity contribution < 1.29 is 13.2 Å². The summed E-state index contributed by atoms with van der Waals surface area (Å²) < 4.78 is 28.0. The van der Waals surface area contributed by atoms with E-state index >= 15 is 0 Å². The van der Waals surface area contributed by atoms with Crippen LogP contribution in [0.15, 0.2) is 57.9 Å². The molecule has 0 aliphatic carbocycles. The van der Waals surface area contributed by atoms with Gasteiger partial charge in [0.1, 0.15) is 0 Å². The highest BCUT2D eigenvalue weighted by Crippen LogP contribution is 2.15. The first-order valence-electron chi connectivity index (χ1n) is 7.46. The lowest BCUT2D eigenvalue weighted by molar-refractivity contribution is -0.131. The number of benzene rings is 2. The number of halogens is 2. The van der Waals surface area contributed by atoms with Crippen molar-refractivity contribution in [2.24, 2.45) is 0 Å². The zero-order valence-corrected chi connectivity index (χ0v) is 16.9. The van der Waals surface area contributed by atoms with E-state index in [1.807, 2.05) is 24.3 Å². The highest BCUT2D eigenvalue weighted by atomic mass is 79.9. The Kier molecular flexibility index (Phi) is 6.62. The van der Waals surface area contributed by atoms with E-state index in [1.54, 1.807) is 7.05 Å². The second-order valence-electron chi connectivity index (χ2n) is 5.62. The van der Waals surface area contributed by atoms with Crippen LogP contribution >= 0.6 is 27.5 Å². The first-order valence-corrected chi connectivity index (χ1v) is 10.1. The second-order valence-corrected chi connectivity index (χ2v) is 8.68. The molecule has 0 unspecified atom stereocenters. The van der Waals surface area contributed by atoms with Crippen molar-refractivity contribution in [2.75, 3.05) is 7.05 Å². The van der Waals surface area contributed by atoms with E-state index in [0.717, 1.165) is 10.0 Å². The van der Waals surface area contributed by atoms with Crippen LogP contribution in [0.5, 0.6) is 0 Å². The van der Waals surface area contributed by atoms with Gasteiger partial charge < -0.3 is 4.90 Å². The van der Waals surface area contributed by atoms with Gasteiger partial charge in [0.25, 0.3) is 0 Å². The van der Waals surface area contributed by atoms with E-state index in [2.05, 4.69) is 20.7 Å². The summed E-state index contributed by atoms with van der Waals surface area (Å²) in [6.45, 7) is 1.91. The Balaban J connectivity index is 2.03. The number of likely N-dealkylation sites (N-methyl/N-ethyl adjacent to an activating group) is 1. The number of carbonyl (C=O) groups excluding carboxylic acids is 1. The topological polar surface area (TPSA) is 66.5 Å². The monoisotopic (exact) mass is 444 g/mol. The molecule has 0 bridgehead atoms. The van der Waals surface area contributed by atoms with Crippen molar-refractivity contribution in [3.8, 4) is 0 Å². The smallest absolute Gasteiger partial charge is 0.241 e. The molecule has 0 spiro atoms. The standard InChI is InChI=1S/C17H18BrClN2O3S/c1-12(20-25(23,24)16-9-7-15(19)8-10-16)17(22)21(2)11-13-3-5-14(18)6-4-13/h3-10,12,20H,11H2,1-2H3/t12-/m0/s1. The number of nitrogens with zero attached hydrogens (tertiary/aromatic N) is 1. The van der Waals surface area contributed by atoms with Gasteiger partial charge >= 0.3 is 0 Å². The van der Waals surface area contributed by atoms with Gasteiger partial charge in [-0.2, -0.15) is 4.72 Å². The molecule has 25 heavy (non-hydrogen) atoms. The Hall–Kier alpha value is -1.41. The third kappa shape index (κ3) is 5.54. The van der Waals surface area contributed by atoms with Crippen molar-refractivity contribution in [1.29, 1.82) is 0 Å². The van der Waals surface area contributed by atoms with Crippen molar-refractivity contribution in [1.82, 2.24) is 9.62 Å². The molecule has 134 valence electrons. The summed E-state index contributed by atoms with van der Waals surface area (Å²) in [6.07, 6.45) is 0. The predicted molar refractivity (Wildman–Crippen MR) is 102 cm³/mol. The summed E-state index contributed by atoms with van der Waals surface area (Å²) in [4.78, 5) is 14.0. The van der Waals surface area contributed by atoms with Gasteiger partial charge in [0.2, 0.25) is 15.9 Å². The van der Waals surface area contributed by atoms with Gasteiger partial charge in [0.05, 0.1) is 10.9 Å². The number of nitrogens with one attached hydrogen (secondary N) is 1. The molecule has 0 fully saturated rings. The molecule has 2 aromatic rings. The van der Waals surface area contributed by atoms with Gasteiger partial charge in [0.15, 0.2) is 0 Å². The Morgan fingerprint density at radius 3 is 2.28 bits per heavy atom. The van der Waals surface area contributed by atoms with Gasteiger partial charge in [-0.05, 0) is 48.9 Å². The molecule has 0 saturated carbocycles. The maximum absolute atomic E-state index is 12.4. The van der Waals surface area contributed by atoms with Crippen molar-refractivity contribution in [3.05, 3.63) is 63.6 Å². The van der Waals surface area contributed by atoms with Gasteiger partial charge in [-0.3, -0.25) is 4.79 Å². The summed E-state index contributed by atoms with van der Waals surface area (Å²) >= 11 is 9.13. The minimum Gasteiger partial charge on any atom is -0.340 e. The first kappa shape index (κ1) is 19.9. The van der Waals surface area contributed by atoms with Crippen LogP contribution in [0.4, 0.5) is 0 Å². The average molecular weight is 446 g/mol. The van der Waals surface area contributed by atoms with E-state index in [4.69, 9.17) is 11.6 Å².